The van der Waals surface area contributed by atoms with Crippen molar-refractivity contribution < 1.29 is 9.53 Å². The van der Waals surface area contributed by atoms with Crippen LogP contribution in [0.3, 0.4) is 0 Å². The molecule has 2 heterocycles. The number of nitrogens with one attached hydrogen (secondary N) is 1. The molecule has 0 saturated carbocycles. The van der Waals surface area contributed by atoms with Gasteiger partial charge in [0.05, 0.1) is 12.1 Å². The SMILES string of the molecule is C=C=C(C)[C@@H]1C(C(C#N)(C#N)CC#CCOC(C)=O)=C[C@H]2CCC1N2. The molecule has 0 aromatic rings. The summed E-state index contributed by atoms with van der Waals surface area (Å²) in [6.07, 6.45) is 4.06. The molecule has 0 aromatic carbocycles. The van der Waals surface area contributed by atoms with E-state index in [9.17, 15) is 15.3 Å². The van der Waals surface area contributed by atoms with Crippen molar-refractivity contribution in [3.8, 4) is 24.0 Å². The maximum atomic E-state index is 10.8. The summed E-state index contributed by atoms with van der Waals surface area (Å²) in [7, 11) is 0. The Morgan fingerprint density at radius 1 is 1.36 bits per heavy atom. The van der Waals surface area contributed by atoms with E-state index in [0.717, 1.165) is 24.0 Å². The van der Waals surface area contributed by atoms with Crippen LogP contribution in [0.5, 0.6) is 0 Å². The number of esters is 1. The fourth-order valence-electron chi connectivity index (χ4n) is 3.50. The van der Waals surface area contributed by atoms with E-state index in [-0.39, 0.29) is 31.0 Å². The molecule has 0 radical (unpaired) electrons. The molecule has 2 rings (SSSR count). The Hall–Kier alpha value is -2.77. The minimum Gasteiger partial charge on any atom is -0.453 e. The van der Waals surface area contributed by atoms with Gasteiger partial charge in [0.2, 0.25) is 0 Å². The van der Waals surface area contributed by atoms with Crippen molar-refractivity contribution in [3.63, 3.8) is 0 Å². The molecule has 1 unspecified atom stereocenters. The second-order valence-corrected chi connectivity index (χ2v) is 6.36. The lowest BCUT2D eigenvalue weighted by Crippen LogP contribution is -2.44. The summed E-state index contributed by atoms with van der Waals surface area (Å²) in [4.78, 5) is 10.8. The van der Waals surface area contributed by atoms with E-state index in [4.69, 9.17) is 4.74 Å². The zero-order valence-electron chi connectivity index (χ0n) is 14.6. The largest absolute Gasteiger partial charge is 0.453 e. The highest BCUT2D eigenvalue weighted by Crippen LogP contribution is 2.45. The van der Waals surface area contributed by atoms with Gasteiger partial charge in [-0.05, 0) is 30.9 Å². The fourth-order valence-corrected chi connectivity index (χ4v) is 3.50. The molecule has 5 nitrogen and oxygen atoms in total. The molecule has 25 heavy (non-hydrogen) atoms. The normalized spacial score (nSPS) is 23.8. The molecular formula is C20H21N3O2. The van der Waals surface area contributed by atoms with Crippen LogP contribution in [0.2, 0.25) is 0 Å². The maximum absolute atomic E-state index is 10.8. The number of nitriles is 2. The quantitative estimate of drug-likeness (QED) is 0.369. The minimum absolute atomic E-state index is 0.0386. The second kappa shape index (κ2) is 7.87. The van der Waals surface area contributed by atoms with Crippen LogP contribution in [-0.4, -0.2) is 24.7 Å². The van der Waals surface area contributed by atoms with Gasteiger partial charge in [-0.2, -0.15) is 10.5 Å². The highest BCUT2D eigenvalue weighted by atomic mass is 16.5. The lowest BCUT2D eigenvalue weighted by atomic mass is 9.69. The number of hydrogen-bond acceptors (Lipinski definition) is 5. The van der Waals surface area contributed by atoms with E-state index in [1.807, 2.05) is 13.0 Å². The predicted molar refractivity (Wildman–Crippen MR) is 92.5 cm³/mol. The van der Waals surface area contributed by atoms with Crippen LogP contribution in [-0.2, 0) is 9.53 Å². The highest BCUT2D eigenvalue weighted by Gasteiger charge is 2.46. The molecule has 128 valence electrons. The maximum Gasteiger partial charge on any atom is 0.303 e. The van der Waals surface area contributed by atoms with Gasteiger partial charge in [0.25, 0.3) is 0 Å². The first kappa shape index (κ1) is 18.6. The van der Waals surface area contributed by atoms with Gasteiger partial charge in [-0.15, -0.1) is 5.73 Å². The zero-order chi connectivity index (χ0) is 18.4. The molecule has 2 aliphatic heterocycles. The van der Waals surface area contributed by atoms with Crippen molar-refractivity contribution in [2.24, 2.45) is 11.3 Å². The summed E-state index contributed by atoms with van der Waals surface area (Å²) < 4.78 is 4.76. The molecule has 1 saturated heterocycles. The number of carbonyl (C=O) groups is 1. The van der Waals surface area contributed by atoms with Crippen LogP contribution in [0, 0.1) is 45.8 Å². The predicted octanol–water partition coefficient (Wildman–Crippen LogP) is 2.38. The fraction of sp³-hybridized carbons (Fsp3) is 0.500. The van der Waals surface area contributed by atoms with Crippen LogP contribution in [0.1, 0.15) is 33.1 Å². The molecule has 0 aliphatic carbocycles. The number of carbonyl (C=O) groups excluding carboxylic acids is 1. The van der Waals surface area contributed by atoms with Crippen molar-refractivity contribution in [3.05, 3.63) is 29.5 Å². The standard InChI is InChI=1S/C20H21N3O2/c1-4-14(2)19-17(11-16-7-8-18(19)23-16)20(12-21,13-22)9-5-6-10-25-15(3)24/h11,16,18-19,23H,1,7-10H2,2-3H3/t16-,18?,19-/m1/s1. The van der Waals surface area contributed by atoms with Crippen LogP contribution in [0.4, 0.5) is 0 Å². The van der Waals surface area contributed by atoms with Gasteiger partial charge >= 0.3 is 5.97 Å². The summed E-state index contributed by atoms with van der Waals surface area (Å²) in [5, 5.41) is 23.1. The number of hydrogen-bond donors (Lipinski definition) is 1. The van der Waals surface area contributed by atoms with Gasteiger partial charge in [-0.3, -0.25) is 4.79 Å². The van der Waals surface area contributed by atoms with Crippen LogP contribution in [0.15, 0.2) is 29.5 Å². The number of fused-ring (bicyclic) bond motifs is 2. The van der Waals surface area contributed by atoms with Crippen molar-refractivity contribution in [1.29, 1.82) is 10.5 Å². The van der Waals surface area contributed by atoms with Crippen LogP contribution < -0.4 is 5.32 Å². The first-order chi connectivity index (χ1) is 12.0. The lowest BCUT2D eigenvalue weighted by Gasteiger charge is -2.36. The van der Waals surface area contributed by atoms with E-state index < -0.39 is 11.4 Å². The smallest absolute Gasteiger partial charge is 0.303 e. The summed E-state index contributed by atoms with van der Waals surface area (Å²) in [5.74, 6) is 5.04. The molecule has 0 amide bonds. The average molecular weight is 335 g/mol. The molecule has 0 spiro atoms. The Morgan fingerprint density at radius 3 is 2.68 bits per heavy atom. The van der Waals surface area contributed by atoms with Crippen molar-refractivity contribution in [2.45, 2.75) is 45.2 Å². The molecule has 1 fully saturated rings. The van der Waals surface area contributed by atoms with Gasteiger partial charge in [-0.25, -0.2) is 0 Å². The summed E-state index contributed by atoms with van der Waals surface area (Å²) in [5.41, 5.74) is 3.32. The Labute approximate surface area is 148 Å². The van der Waals surface area contributed by atoms with Gasteiger partial charge in [0.1, 0.15) is 0 Å². The molecule has 1 N–H and O–H groups in total. The molecule has 2 aliphatic rings. The molecule has 3 atom stereocenters. The van der Waals surface area contributed by atoms with E-state index in [2.05, 4.69) is 41.6 Å². The summed E-state index contributed by atoms with van der Waals surface area (Å²) >= 11 is 0. The second-order valence-electron chi connectivity index (χ2n) is 6.36. The third-order valence-corrected chi connectivity index (χ3v) is 4.78. The van der Waals surface area contributed by atoms with E-state index in [0.29, 0.717) is 0 Å². The first-order valence-electron chi connectivity index (χ1n) is 8.23. The Kier molecular flexibility index (Phi) is 5.84. The first-order valence-corrected chi connectivity index (χ1v) is 8.23. The monoisotopic (exact) mass is 335 g/mol. The Morgan fingerprint density at radius 2 is 2.08 bits per heavy atom. The molecule has 5 heteroatoms. The van der Waals surface area contributed by atoms with Gasteiger partial charge in [-0.1, -0.05) is 24.5 Å². The molecule has 0 aromatic heterocycles. The lowest BCUT2D eigenvalue weighted by molar-refractivity contribution is -0.139. The topological polar surface area (TPSA) is 85.9 Å². The van der Waals surface area contributed by atoms with Crippen molar-refractivity contribution in [1.82, 2.24) is 5.32 Å². The van der Waals surface area contributed by atoms with E-state index >= 15 is 0 Å². The third-order valence-electron chi connectivity index (χ3n) is 4.78. The number of nitrogens with zero attached hydrogens (tertiary/aromatic N) is 2. The minimum atomic E-state index is -1.32. The zero-order valence-corrected chi connectivity index (χ0v) is 14.6. The third kappa shape index (κ3) is 3.84. The van der Waals surface area contributed by atoms with E-state index in [1.165, 1.54) is 6.92 Å². The number of rotatable bonds is 4. The van der Waals surface area contributed by atoms with Gasteiger partial charge in [0.15, 0.2) is 12.0 Å². The highest BCUT2D eigenvalue weighted by molar-refractivity contribution is 5.66. The number of ether oxygens (including phenoxy) is 1. The Bertz CT molecular complexity index is 764. The van der Waals surface area contributed by atoms with Crippen molar-refractivity contribution in [2.75, 3.05) is 6.61 Å². The van der Waals surface area contributed by atoms with Crippen LogP contribution >= 0.6 is 0 Å². The Balaban J connectivity index is 2.34. The molecule has 2 bridgehead atoms. The van der Waals surface area contributed by atoms with Crippen LogP contribution in [0.25, 0.3) is 0 Å². The van der Waals surface area contributed by atoms with E-state index in [1.54, 1.807) is 0 Å². The molecular weight excluding hydrogens is 314 g/mol. The van der Waals surface area contributed by atoms with Crippen molar-refractivity contribution >= 4 is 5.97 Å². The summed E-state index contributed by atoms with van der Waals surface area (Å²) in [6, 6.07) is 4.74. The average Bonchev–Trinajstić information content (AvgIpc) is 2.98. The summed E-state index contributed by atoms with van der Waals surface area (Å²) in [6.45, 7) is 6.93. The van der Waals surface area contributed by atoms with Gasteiger partial charge in [0, 0.05) is 31.3 Å². The van der Waals surface area contributed by atoms with Gasteiger partial charge < -0.3 is 10.1 Å².